The summed E-state index contributed by atoms with van der Waals surface area (Å²) in [5.41, 5.74) is 3.30. The molecular weight excluding hydrogens is 352 g/mol. The average Bonchev–Trinajstić information content (AvgIpc) is 2.67. The van der Waals surface area contributed by atoms with Gasteiger partial charge in [-0.05, 0) is 53.9 Å². The van der Waals surface area contributed by atoms with Crippen LogP contribution < -0.4 is 10.1 Å². The topological polar surface area (TPSA) is 68.3 Å². The van der Waals surface area contributed by atoms with Crippen molar-refractivity contribution in [3.8, 4) is 5.75 Å². The first-order chi connectivity index (χ1) is 13.5. The minimum absolute atomic E-state index is 0.163. The molecule has 5 nitrogen and oxygen atoms in total. The number of hydrogen-bond donors (Lipinski definition) is 1. The maximum atomic E-state index is 12.3. The zero-order chi connectivity index (χ0) is 19.9. The summed E-state index contributed by atoms with van der Waals surface area (Å²) >= 11 is 0. The summed E-state index contributed by atoms with van der Waals surface area (Å²) in [4.78, 5) is 27.5. The van der Waals surface area contributed by atoms with Gasteiger partial charge in [0.15, 0.2) is 0 Å². The number of pyridine rings is 1. The van der Waals surface area contributed by atoms with Gasteiger partial charge in [0.05, 0.1) is 5.56 Å². The van der Waals surface area contributed by atoms with E-state index in [1.165, 1.54) is 6.92 Å². The molecule has 1 N–H and O–H groups in total. The monoisotopic (exact) mass is 372 g/mol. The molecule has 0 saturated heterocycles. The lowest BCUT2D eigenvalue weighted by molar-refractivity contribution is -0.114. The summed E-state index contributed by atoms with van der Waals surface area (Å²) in [7, 11) is 0. The largest absolute Gasteiger partial charge is 0.423 e. The zero-order valence-corrected chi connectivity index (χ0v) is 15.7. The fraction of sp³-hybridized carbons (Fsp3) is 0.0870. The molecule has 0 aliphatic heterocycles. The summed E-state index contributed by atoms with van der Waals surface area (Å²) in [6.07, 6.45) is 5.49. The molecule has 28 heavy (non-hydrogen) atoms. The highest BCUT2D eigenvalue weighted by molar-refractivity contribution is 5.92. The number of aromatic nitrogens is 1. The highest BCUT2D eigenvalue weighted by Gasteiger charge is 2.10. The van der Waals surface area contributed by atoms with Crippen LogP contribution in [0.3, 0.4) is 0 Å². The first-order valence-electron chi connectivity index (χ1n) is 8.81. The van der Waals surface area contributed by atoms with Crippen molar-refractivity contribution in [1.82, 2.24) is 4.98 Å². The highest BCUT2D eigenvalue weighted by atomic mass is 16.5. The van der Waals surface area contributed by atoms with E-state index in [2.05, 4.69) is 10.3 Å². The number of nitrogens with one attached hydrogen (secondary N) is 1. The van der Waals surface area contributed by atoms with Crippen molar-refractivity contribution in [3.05, 3.63) is 89.1 Å². The average molecular weight is 372 g/mol. The van der Waals surface area contributed by atoms with Crippen LogP contribution in [0.2, 0.25) is 0 Å². The molecule has 0 atom stereocenters. The predicted octanol–water partition coefficient (Wildman–Crippen LogP) is 4.74. The van der Waals surface area contributed by atoms with Gasteiger partial charge in [0, 0.05) is 13.1 Å². The number of carbonyl (C=O) groups is 2. The molecule has 1 aromatic heterocycles. The van der Waals surface area contributed by atoms with Crippen molar-refractivity contribution in [2.75, 3.05) is 5.32 Å². The molecule has 5 heteroatoms. The Morgan fingerprint density at radius 1 is 0.964 bits per heavy atom. The molecule has 1 heterocycles. The Kier molecular flexibility index (Phi) is 5.97. The molecule has 140 valence electrons. The minimum Gasteiger partial charge on any atom is -0.423 e. The van der Waals surface area contributed by atoms with E-state index in [9.17, 15) is 9.59 Å². The summed E-state index contributed by atoms with van der Waals surface area (Å²) in [5.74, 6) is 0.462. The van der Waals surface area contributed by atoms with Crippen LogP contribution in [0.5, 0.6) is 5.75 Å². The smallest absolute Gasteiger partial charge is 0.343 e. The number of rotatable bonds is 5. The SMILES string of the molecule is CC(=O)Nc1cc(/C=C/c2ccc(OC(=O)c3ccccc3C)cc2)ccn1. The molecule has 3 rings (SSSR count). The molecule has 0 fully saturated rings. The molecule has 0 unspecified atom stereocenters. The van der Waals surface area contributed by atoms with Crippen molar-refractivity contribution in [3.63, 3.8) is 0 Å². The van der Waals surface area contributed by atoms with Gasteiger partial charge in [0.1, 0.15) is 11.6 Å². The Bertz CT molecular complexity index is 1020. The van der Waals surface area contributed by atoms with Crippen LogP contribution >= 0.6 is 0 Å². The molecule has 0 bridgehead atoms. The third-order valence-corrected chi connectivity index (χ3v) is 4.01. The number of ether oxygens (including phenoxy) is 1. The van der Waals surface area contributed by atoms with E-state index < -0.39 is 0 Å². The third-order valence-electron chi connectivity index (χ3n) is 4.01. The van der Waals surface area contributed by atoms with Gasteiger partial charge in [-0.25, -0.2) is 9.78 Å². The molecule has 0 saturated carbocycles. The summed E-state index contributed by atoms with van der Waals surface area (Å²) in [6.45, 7) is 3.32. The van der Waals surface area contributed by atoms with Crippen molar-refractivity contribution >= 4 is 29.8 Å². The van der Waals surface area contributed by atoms with Crippen LogP contribution in [0.1, 0.15) is 34.0 Å². The van der Waals surface area contributed by atoms with E-state index in [4.69, 9.17) is 4.74 Å². The summed E-state index contributed by atoms with van der Waals surface area (Å²) < 4.78 is 5.44. The first kappa shape index (κ1) is 19.0. The second kappa shape index (κ2) is 8.77. The van der Waals surface area contributed by atoms with Gasteiger partial charge < -0.3 is 10.1 Å². The quantitative estimate of drug-likeness (QED) is 0.519. The van der Waals surface area contributed by atoms with E-state index in [1.807, 2.05) is 55.5 Å². The lowest BCUT2D eigenvalue weighted by Gasteiger charge is -2.06. The van der Waals surface area contributed by atoms with Gasteiger partial charge >= 0.3 is 5.97 Å². The molecule has 0 radical (unpaired) electrons. The van der Waals surface area contributed by atoms with E-state index in [0.29, 0.717) is 17.1 Å². The van der Waals surface area contributed by atoms with Crippen LogP contribution in [0.4, 0.5) is 5.82 Å². The van der Waals surface area contributed by atoms with Gasteiger partial charge in [0.2, 0.25) is 5.91 Å². The van der Waals surface area contributed by atoms with Gasteiger partial charge in [0.25, 0.3) is 0 Å². The van der Waals surface area contributed by atoms with Gasteiger partial charge in [-0.1, -0.05) is 42.5 Å². The van der Waals surface area contributed by atoms with Crippen LogP contribution in [0.25, 0.3) is 12.2 Å². The number of nitrogens with zero attached hydrogens (tertiary/aromatic N) is 1. The molecule has 2 aromatic carbocycles. The molecule has 0 aliphatic carbocycles. The number of amides is 1. The molecule has 3 aromatic rings. The predicted molar refractivity (Wildman–Crippen MR) is 110 cm³/mol. The van der Waals surface area contributed by atoms with E-state index in [1.54, 1.807) is 30.5 Å². The van der Waals surface area contributed by atoms with Crippen molar-refractivity contribution < 1.29 is 14.3 Å². The Morgan fingerprint density at radius 3 is 2.39 bits per heavy atom. The number of aryl methyl sites for hydroxylation is 1. The first-order valence-corrected chi connectivity index (χ1v) is 8.81. The fourth-order valence-electron chi connectivity index (χ4n) is 2.60. The van der Waals surface area contributed by atoms with Gasteiger partial charge in [-0.3, -0.25) is 4.79 Å². The highest BCUT2D eigenvalue weighted by Crippen LogP contribution is 2.18. The number of benzene rings is 2. The molecule has 1 amide bonds. The molecular formula is C23H20N2O3. The fourth-order valence-corrected chi connectivity index (χ4v) is 2.60. The lowest BCUT2D eigenvalue weighted by atomic mass is 10.1. The second-order valence-corrected chi connectivity index (χ2v) is 6.26. The molecule has 0 aliphatic rings. The zero-order valence-electron chi connectivity index (χ0n) is 15.7. The van der Waals surface area contributed by atoms with E-state index >= 15 is 0 Å². The Balaban J connectivity index is 1.66. The number of esters is 1. The maximum Gasteiger partial charge on any atom is 0.343 e. The lowest BCUT2D eigenvalue weighted by Crippen LogP contribution is -2.09. The molecule has 0 spiro atoms. The normalized spacial score (nSPS) is 10.6. The van der Waals surface area contributed by atoms with Gasteiger partial charge in [-0.15, -0.1) is 0 Å². The van der Waals surface area contributed by atoms with Crippen molar-refractivity contribution in [1.29, 1.82) is 0 Å². The second-order valence-electron chi connectivity index (χ2n) is 6.26. The number of carbonyl (C=O) groups excluding carboxylic acids is 2. The van der Waals surface area contributed by atoms with Crippen LogP contribution in [0, 0.1) is 6.92 Å². The standard InChI is InChI=1S/C23H20N2O3/c1-16-5-3-4-6-21(16)23(27)28-20-11-9-18(10-12-20)7-8-19-13-14-24-22(15-19)25-17(2)26/h3-15H,1-2H3,(H,24,25,26)/b8-7+. The van der Waals surface area contributed by atoms with E-state index in [-0.39, 0.29) is 11.9 Å². The Hall–Kier alpha value is -3.73. The Labute approximate surface area is 163 Å². The summed E-state index contributed by atoms with van der Waals surface area (Å²) in [6, 6.07) is 18.2. The van der Waals surface area contributed by atoms with E-state index in [0.717, 1.165) is 16.7 Å². The van der Waals surface area contributed by atoms with Crippen LogP contribution in [-0.4, -0.2) is 16.9 Å². The maximum absolute atomic E-state index is 12.3. The van der Waals surface area contributed by atoms with Crippen LogP contribution in [-0.2, 0) is 4.79 Å². The number of hydrogen-bond acceptors (Lipinski definition) is 4. The summed E-state index contributed by atoms with van der Waals surface area (Å²) in [5, 5.41) is 2.65. The minimum atomic E-state index is -0.372. The third kappa shape index (κ3) is 5.14. The van der Waals surface area contributed by atoms with Crippen LogP contribution in [0.15, 0.2) is 66.9 Å². The van der Waals surface area contributed by atoms with Crippen molar-refractivity contribution in [2.24, 2.45) is 0 Å². The number of anilines is 1. The Morgan fingerprint density at radius 2 is 1.68 bits per heavy atom. The van der Waals surface area contributed by atoms with Crippen molar-refractivity contribution in [2.45, 2.75) is 13.8 Å². The van der Waals surface area contributed by atoms with Gasteiger partial charge in [-0.2, -0.15) is 0 Å².